The number of allylic oxidation sites excluding steroid dienone is 1. The molecule has 164 valence electrons. The second-order valence-corrected chi connectivity index (χ2v) is 8.82. The number of aryl methyl sites for hydroxylation is 1. The van der Waals surface area contributed by atoms with E-state index in [0.717, 1.165) is 71.4 Å². The summed E-state index contributed by atoms with van der Waals surface area (Å²) in [6.45, 7) is 2.28. The third kappa shape index (κ3) is 5.28. The van der Waals surface area contributed by atoms with Gasteiger partial charge in [-0.2, -0.15) is 0 Å². The molecule has 1 fully saturated rings. The summed E-state index contributed by atoms with van der Waals surface area (Å²) in [5.41, 5.74) is 4.21. The Labute approximate surface area is 189 Å². The molecule has 0 bridgehead atoms. The van der Waals surface area contributed by atoms with E-state index in [1.54, 1.807) is 12.1 Å². The van der Waals surface area contributed by atoms with Crippen LogP contribution >= 0.6 is 15.9 Å². The molecule has 4 rings (SSSR count). The van der Waals surface area contributed by atoms with Crippen LogP contribution in [0.2, 0.25) is 0 Å². The number of hydrogen-bond donors (Lipinski definition) is 1. The van der Waals surface area contributed by atoms with Crippen LogP contribution in [0, 0.1) is 0 Å². The molecule has 1 aliphatic carbocycles. The van der Waals surface area contributed by atoms with Crippen molar-refractivity contribution >= 4 is 27.7 Å². The van der Waals surface area contributed by atoms with Gasteiger partial charge in [0.1, 0.15) is 17.6 Å². The molecule has 5 nitrogen and oxygen atoms in total. The Bertz CT molecular complexity index is 976. The summed E-state index contributed by atoms with van der Waals surface area (Å²) in [5.74, 6) is 1.13. The number of benzene rings is 2. The third-order valence-corrected chi connectivity index (χ3v) is 6.52. The fourth-order valence-corrected chi connectivity index (χ4v) is 4.91. The summed E-state index contributed by atoms with van der Waals surface area (Å²) in [5, 5.41) is 8.94. The van der Waals surface area contributed by atoms with Gasteiger partial charge in [-0.1, -0.05) is 34.1 Å². The standard InChI is InChI=1S/C24H25BrFNO4/c25-22-9-5-16-2-8-19(31-24(28)29)14-21(16)23(22)17-3-6-18(7-4-17)30-20-10-13-27(15-20)12-1-11-26/h2-4,6-8,14,20H,1,5,9-13,15H2,(H,28,29). The number of halogens is 2. The Morgan fingerprint density at radius 3 is 2.68 bits per heavy atom. The lowest BCUT2D eigenvalue weighted by Crippen LogP contribution is -2.26. The minimum atomic E-state index is -1.32. The number of carbonyl (C=O) groups is 1. The van der Waals surface area contributed by atoms with Gasteiger partial charge in [0, 0.05) is 24.1 Å². The number of likely N-dealkylation sites (tertiary alicyclic amines) is 1. The van der Waals surface area contributed by atoms with Gasteiger partial charge in [0.2, 0.25) is 0 Å². The van der Waals surface area contributed by atoms with E-state index in [-0.39, 0.29) is 12.8 Å². The quantitative estimate of drug-likeness (QED) is 0.401. The van der Waals surface area contributed by atoms with Crippen molar-refractivity contribution in [1.29, 1.82) is 0 Å². The monoisotopic (exact) mass is 489 g/mol. The smallest absolute Gasteiger partial charge is 0.489 e. The number of rotatable bonds is 7. The lowest BCUT2D eigenvalue weighted by atomic mass is 9.87. The molecule has 0 amide bonds. The van der Waals surface area contributed by atoms with Crippen molar-refractivity contribution in [3.8, 4) is 11.5 Å². The SMILES string of the molecule is O=C(O)Oc1ccc2c(c1)C(c1ccc(OC3CCN(CCCF)C3)cc1)=C(Br)CC2. The molecule has 0 radical (unpaired) electrons. The average molecular weight is 490 g/mol. The molecule has 1 atom stereocenters. The number of hydrogen-bond acceptors (Lipinski definition) is 4. The Morgan fingerprint density at radius 2 is 1.94 bits per heavy atom. The Hall–Kier alpha value is -2.38. The van der Waals surface area contributed by atoms with Crippen LogP contribution in [-0.4, -0.2) is 48.6 Å². The van der Waals surface area contributed by atoms with Crippen LogP contribution in [0.4, 0.5) is 9.18 Å². The highest BCUT2D eigenvalue weighted by atomic mass is 79.9. The van der Waals surface area contributed by atoms with E-state index < -0.39 is 6.16 Å². The largest absolute Gasteiger partial charge is 0.511 e. The molecule has 1 N–H and O–H groups in total. The van der Waals surface area contributed by atoms with Crippen molar-refractivity contribution in [2.24, 2.45) is 0 Å². The molecule has 2 aliphatic rings. The van der Waals surface area contributed by atoms with Gasteiger partial charge in [-0.05, 0) is 72.2 Å². The van der Waals surface area contributed by atoms with Crippen molar-refractivity contribution < 1.29 is 23.8 Å². The average Bonchev–Trinajstić information content (AvgIpc) is 3.20. The zero-order valence-corrected chi connectivity index (χ0v) is 18.7. The van der Waals surface area contributed by atoms with Gasteiger partial charge >= 0.3 is 6.16 Å². The van der Waals surface area contributed by atoms with Gasteiger partial charge in [0.25, 0.3) is 0 Å². The normalized spacial score (nSPS) is 18.7. The molecule has 1 aliphatic heterocycles. The van der Waals surface area contributed by atoms with Crippen LogP contribution in [0.15, 0.2) is 46.9 Å². The van der Waals surface area contributed by atoms with Crippen molar-refractivity contribution in [1.82, 2.24) is 4.90 Å². The fourth-order valence-electron chi connectivity index (χ4n) is 4.27. The predicted octanol–water partition coefficient (Wildman–Crippen LogP) is 5.66. The van der Waals surface area contributed by atoms with Crippen molar-refractivity contribution in [3.05, 3.63) is 63.6 Å². The summed E-state index contributed by atoms with van der Waals surface area (Å²) >= 11 is 3.71. The molecule has 2 aromatic rings. The molecular weight excluding hydrogens is 465 g/mol. The Kier molecular flexibility index (Phi) is 6.92. The molecule has 1 saturated heterocycles. The summed E-state index contributed by atoms with van der Waals surface area (Å²) in [6.07, 6.45) is 2.10. The maximum Gasteiger partial charge on any atom is 0.511 e. The van der Waals surface area contributed by atoms with Gasteiger partial charge in [-0.25, -0.2) is 4.79 Å². The van der Waals surface area contributed by atoms with Gasteiger partial charge in [0.15, 0.2) is 0 Å². The van der Waals surface area contributed by atoms with Crippen molar-refractivity contribution in [2.75, 3.05) is 26.3 Å². The van der Waals surface area contributed by atoms with E-state index in [1.807, 2.05) is 30.3 Å². The van der Waals surface area contributed by atoms with E-state index >= 15 is 0 Å². The van der Waals surface area contributed by atoms with E-state index in [4.69, 9.17) is 14.6 Å². The van der Waals surface area contributed by atoms with Crippen molar-refractivity contribution in [2.45, 2.75) is 31.8 Å². The predicted molar refractivity (Wildman–Crippen MR) is 121 cm³/mol. The first-order valence-corrected chi connectivity index (χ1v) is 11.3. The zero-order valence-electron chi connectivity index (χ0n) is 17.2. The van der Waals surface area contributed by atoms with Crippen molar-refractivity contribution in [3.63, 3.8) is 0 Å². The van der Waals surface area contributed by atoms with Crippen LogP contribution in [0.25, 0.3) is 5.57 Å². The molecule has 0 saturated carbocycles. The molecular formula is C24H25BrFNO4. The fraction of sp³-hybridized carbons (Fsp3) is 0.375. The molecule has 0 aromatic heterocycles. The summed E-state index contributed by atoms with van der Waals surface area (Å²) in [6, 6.07) is 13.4. The van der Waals surface area contributed by atoms with E-state index in [1.165, 1.54) is 0 Å². The zero-order chi connectivity index (χ0) is 21.8. The number of ether oxygens (including phenoxy) is 2. The van der Waals surface area contributed by atoms with Gasteiger partial charge in [0.05, 0.1) is 6.67 Å². The van der Waals surface area contributed by atoms with E-state index in [9.17, 15) is 9.18 Å². The highest BCUT2D eigenvalue weighted by Crippen LogP contribution is 2.40. The van der Waals surface area contributed by atoms with Crippen LogP contribution < -0.4 is 9.47 Å². The topological polar surface area (TPSA) is 59.0 Å². The first kappa shape index (κ1) is 21.8. The van der Waals surface area contributed by atoms with E-state index in [0.29, 0.717) is 12.2 Å². The summed E-state index contributed by atoms with van der Waals surface area (Å²) in [7, 11) is 0. The number of nitrogens with zero attached hydrogens (tertiary/aromatic N) is 1. The number of fused-ring (bicyclic) bond motifs is 1. The lowest BCUT2D eigenvalue weighted by Gasteiger charge is -2.22. The Morgan fingerprint density at radius 1 is 1.16 bits per heavy atom. The van der Waals surface area contributed by atoms with Crippen LogP contribution in [0.3, 0.4) is 0 Å². The van der Waals surface area contributed by atoms with Gasteiger partial charge < -0.3 is 14.6 Å². The molecule has 2 aromatic carbocycles. The maximum absolute atomic E-state index is 12.4. The summed E-state index contributed by atoms with van der Waals surface area (Å²) < 4.78 is 24.5. The van der Waals surface area contributed by atoms with Crippen LogP contribution in [0.5, 0.6) is 11.5 Å². The maximum atomic E-state index is 12.4. The lowest BCUT2D eigenvalue weighted by molar-refractivity contribution is 0.144. The van der Waals surface area contributed by atoms with Crippen LogP contribution in [-0.2, 0) is 6.42 Å². The van der Waals surface area contributed by atoms with Crippen LogP contribution in [0.1, 0.15) is 36.0 Å². The summed E-state index contributed by atoms with van der Waals surface area (Å²) in [4.78, 5) is 13.2. The minimum Gasteiger partial charge on any atom is -0.489 e. The molecule has 0 spiro atoms. The van der Waals surface area contributed by atoms with Gasteiger partial charge in [-0.3, -0.25) is 9.29 Å². The second kappa shape index (κ2) is 9.83. The second-order valence-electron chi connectivity index (χ2n) is 7.86. The number of carboxylic acid groups (broad SMARTS) is 1. The molecule has 31 heavy (non-hydrogen) atoms. The van der Waals surface area contributed by atoms with Gasteiger partial charge in [-0.15, -0.1) is 0 Å². The molecule has 1 unspecified atom stereocenters. The highest BCUT2D eigenvalue weighted by Gasteiger charge is 2.24. The Balaban J connectivity index is 1.50. The molecule has 1 heterocycles. The molecule has 7 heteroatoms. The third-order valence-electron chi connectivity index (χ3n) is 5.72. The first-order valence-electron chi connectivity index (χ1n) is 10.5. The first-order chi connectivity index (χ1) is 15.0. The van der Waals surface area contributed by atoms with E-state index in [2.05, 4.69) is 20.8 Å². The number of alkyl halides is 1. The highest BCUT2D eigenvalue weighted by molar-refractivity contribution is 9.11. The minimum absolute atomic E-state index is 0.127.